The molecular formula is C10H15ClF3NO2. The standard InChI is InChI=1S/C10H15ClF3NO2/c1-6(11)9(16)15-3-7(5-17-2)8(4-15)10(12,13)14/h6-8H,3-5H2,1-2H3/t6-,7+,8-/m1/s1. The maximum atomic E-state index is 12.7. The van der Waals surface area contributed by atoms with Crippen LogP contribution in [0.25, 0.3) is 0 Å². The zero-order valence-electron chi connectivity index (χ0n) is 9.63. The summed E-state index contributed by atoms with van der Waals surface area (Å²) in [5, 5.41) is -0.801. The largest absolute Gasteiger partial charge is 0.393 e. The Hall–Kier alpha value is -0.490. The molecule has 1 heterocycles. The van der Waals surface area contributed by atoms with Crippen LogP contribution in [0.5, 0.6) is 0 Å². The highest BCUT2D eigenvalue weighted by Gasteiger charge is 2.50. The van der Waals surface area contributed by atoms with E-state index >= 15 is 0 Å². The summed E-state index contributed by atoms with van der Waals surface area (Å²) >= 11 is 5.59. The lowest BCUT2D eigenvalue weighted by molar-refractivity contribution is -0.183. The van der Waals surface area contributed by atoms with Gasteiger partial charge in [0.1, 0.15) is 5.38 Å². The number of methoxy groups -OCH3 is 1. The Bertz CT molecular complexity index is 283. The second kappa shape index (κ2) is 5.44. The SMILES string of the molecule is COC[C@@H]1CN(C(=O)[C@@H](C)Cl)C[C@H]1C(F)(F)F. The molecule has 1 fully saturated rings. The molecule has 0 aliphatic carbocycles. The monoisotopic (exact) mass is 273 g/mol. The Labute approximate surface area is 103 Å². The summed E-state index contributed by atoms with van der Waals surface area (Å²) < 4.78 is 43.0. The van der Waals surface area contributed by atoms with Gasteiger partial charge >= 0.3 is 6.18 Å². The van der Waals surface area contributed by atoms with Crippen molar-refractivity contribution in [2.75, 3.05) is 26.8 Å². The minimum atomic E-state index is -4.31. The van der Waals surface area contributed by atoms with Gasteiger partial charge < -0.3 is 9.64 Å². The van der Waals surface area contributed by atoms with Gasteiger partial charge in [-0.1, -0.05) is 0 Å². The Morgan fingerprint density at radius 1 is 1.53 bits per heavy atom. The van der Waals surface area contributed by atoms with Crippen molar-refractivity contribution in [3.8, 4) is 0 Å². The van der Waals surface area contributed by atoms with Gasteiger partial charge in [-0.25, -0.2) is 0 Å². The first kappa shape index (κ1) is 14.6. The molecule has 0 saturated carbocycles. The third-order valence-corrected chi connectivity index (χ3v) is 3.08. The van der Waals surface area contributed by atoms with Crippen LogP contribution >= 0.6 is 11.6 Å². The first-order chi connectivity index (χ1) is 7.77. The fourth-order valence-electron chi connectivity index (χ4n) is 2.06. The molecule has 1 saturated heterocycles. The summed E-state index contributed by atoms with van der Waals surface area (Å²) in [5.41, 5.74) is 0. The fourth-order valence-corrected chi connectivity index (χ4v) is 2.19. The quantitative estimate of drug-likeness (QED) is 0.735. The molecule has 0 radical (unpaired) electrons. The molecule has 1 aliphatic heterocycles. The van der Waals surface area contributed by atoms with Gasteiger partial charge in [0.25, 0.3) is 0 Å². The molecule has 7 heteroatoms. The van der Waals surface area contributed by atoms with E-state index in [1.807, 2.05) is 0 Å². The summed E-state index contributed by atoms with van der Waals surface area (Å²) in [6.07, 6.45) is -4.31. The highest BCUT2D eigenvalue weighted by molar-refractivity contribution is 6.30. The molecule has 1 rings (SSSR count). The molecule has 3 nitrogen and oxygen atoms in total. The summed E-state index contributed by atoms with van der Waals surface area (Å²) in [7, 11) is 1.35. The molecule has 0 unspecified atom stereocenters. The number of amides is 1. The van der Waals surface area contributed by atoms with Crippen LogP contribution in [-0.4, -0.2) is 49.2 Å². The van der Waals surface area contributed by atoms with Crippen LogP contribution in [0.2, 0.25) is 0 Å². The zero-order valence-corrected chi connectivity index (χ0v) is 10.4. The number of rotatable bonds is 3. The van der Waals surface area contributed by atoms with Gasteiger partial charge in [0.2, 0.25) is 5.91 Å². The van der Waals surface area contributed by atoms with Crippen molar-refractivity contribution in [2.45, 2.75) is 18.5 Å². The van der Waals surface area contributed by atoms with Gasteiger partial charge in [0.05, 0.1) is 12.5 Å². The molecule has 3 atom stereocenters. The number of halogens is 4. The minimum Gasteiger partial charge on any atom is -0.384 e. The number of carbonyl (C=O) groups excluding carboxylic acids is 1. The molecule has 1 amide bonds. The maximum Gasteiger partial charge on any atom is 0.393 e. The van der Waals surface area contributed by atoms with Gasteiger partial charge in [-0.05, 0) is 6.92 Å². The summed E-state index contributed by atoms with van der Waals surface area (Å²) in [4.78, 5) is 12.7. The summed E-state index contributed by atoms with van der Waals surface area (Å²) in [5.74, 6) is -2.69. The topological polar surface area (TPSA) is 29.5 Å². The smallest absolute Gasteiger partial charge is 0.384 e. The van der Waals surface area contributed by atoms with E-state index < -0.39 is 29.3 Å². The van der Waals surface area contributed by atoms with Crippen molar-refractivity contribution in [1.29, 1.82) is 0 Å². The summed E-state index contributed by atoms with van der Waals surface area (Å²) in [6.45, 7) is 1.17. The summed E-state index contributed by atoms with van der Waals surface area (Å²) in [6, 6.07) is 0. The van der Waals surface area contributed by atoms with E-state index in [1.54, 1.807) is 0 Å². The van der Waals surface area contributed by atoms with Crippen molar-refractivity contribution in [3.05, 3.63) is 0 Å². The van der Waals surface area contributed by atoms with E-state index in [2.05, 4.69) is 0 Å². The molecule has 0 N–H and O–H groups in total. The van der Waals surface area contributed by atoms with Gasteiger partial charge in [-0.3, -0.25) is 4.79 Å². The van der Waals surface area contributed by atoms with Crippen LogP contribution in [-0.2, 0) is 9.53 Å². The van der Waals surface area contributed by atoms with Crippen LogP contribution in [0.15, 0.2) is 0 Å². The molecule has 100 valence electrons. The number of alkyl halides is 4. The number of hydrogen-bond acceptors (Lipinski definition) is 2. The molecule has 0 aromatic carbocycles. The Kier molecular flexibility index (Phi) is 4.66. The third kappa shape index (κ3) is 3.48. The predicted molar refractivity (Wildman–Crippen MR) is 56.8 cm³/mol. The van der Waals surface area contributed by atoms with Gasteiger partial charge in [0.15, 0.2) is 0 Å². The second-order valence-electron chi connectivity index (χ2n) is 4.22. The highest BCUT2D eigenvalue weighted by atomic mass is 35.5. The van der Waals surface area contributed by atoms with Crippen LogP contribution in [0.1, 0.15) is 6.92 Å². The van der Waals surface area contributed by atoms with E-state index in [4.69, 9.17) is 16.3 Å². The maximum absolute atomic E-state index is 12.7. The lowest BCUT2D eigenvalue weighted by atomic mass is 9.96. The molecule has 0 aromatic rings. The van der Waals surface area contributed by atoms with E-state index in [0.717, 1.165) is 0 Å². The van der Waals surface area contributed by atoms with E-state index in [-0.39, 0.29) is 19.7 Å². The molecule has 17 heavy (non-hydrogen) atoms. The van der Waals surface area contributed by atoms with Crippen molar-refractivity contribution in [1.82, 2.24) is 4.90 Å². The molecule has 0 aromatic heterocycles. The van der Waals surface area contributed by atoms with Gasteiger partial charge in [0, 0.05) is 26.1 Å². The molecule has 0 bridgehead atoms. The number of carbonyl (C=O) groups is 1. The Balaban J connectivity index is 2.75. The molecule has 0 spiro atoms. The average Bonchev–Trinajstić information content (AvgIpc) is 2.60. The normalized spacial score (nSPS) is 27.3. The number of likely N-dealkylation sites (tertiary alicyclic amines) is 1. The van der Waals surface area contributed by atoms with Crippen molar-refractivity contribution >= 4 is 17.5 Å². The lowest BCUT2D eigenvalue weighted by Gasteiger charge is -2.20. The molecule has 1 aliphatic rings. The van der Waals surface area contributed by atoms with Crippen molar-refractivity contribution < 1.29 is 22.7 Å². The van der Waals surface area contributed by atoms with Gasteiger partial charge in [-0.15, -0.1) is 11.6 Å². The second-order valence-corrected chi connectivity index (χ2v) is 4.88. The van der Waals surface area contributed by atoms with Crippen molar-refractivity contribution in [3.63, 3.8) is 0 Å². The first-order valence-corrected chi connectivity index (χ1v) is 5.69. The predicted octanol–water partition coefficient (Wildman–Crippen LogP) is 1.90. The van der Waals surface area contributed by atoms with Crippen LogP contribution in [0.3, 0.4) is 0 Å². The number of nitrogens with zero attached hydrogens (tertiary/aromatic N) is 1. The lowest BCUT2D eigenvalue weighted by Crippen LogP contribution is -2.35. The van der Waals surface area contributed by atoms with E-state index in [9.17, 15) is 18.0 Å². The Morgan fingerprint density at radius 2 is 2.12 bits per heavy atom. The highest BCUT2D eigenvalue weighted by Crippen LogP contribution is 2.37. The van der Waals surface area contributed by atoms with Crippen LogP contribution in [0.4, 0.5) is 13.2 Å². The fraction of sp³-hybridized carbons (Fsp3) is 0.900. The van der Waals surface area contributed by atoms with Crippen molar-refractivity contribution in [2.24, 2.45) is 11.8 Å². The Morgan fingerprint density at radius 3 is 2.53 bits per heavy atom. The van der Waals surface area contributed by atoms with E-state index in [1.165, 1.54) is 18.9 Å². The third-order valence-electron chi connectivity index (χ3n) is 2.89. The van der Waals surface area contributed by atoms with Gasteiger partial charge in [-0.2, -0.15) is 13.2 Å². The van der Waals surface area contributed by atoms with Crippen LogP contribution in [0, 0.1) is 11.8 Å². The average molecular weight is 274 g/mol. The minimum absolute atomic E-state index is 0.00930. The van der Waals surface area contributed by atoms with E-state index in [0.29, 0.717) is 0 Å². The number of hydrogen-bond donors (Lipinski definition) is 0. The first-order valence-electron chi connectivity index (χ1n) is 5.26. The van der Waals surface area contributed by atoms with Crippen LogP contribution < -0.4 is 0 Å². The molecular weight excluding hydrogens is 259 g/mol. The number of ether oxygens (including phenoxy) is 1. The zero-order chi connectivity index (χ0) is 13.2.